The molecular weight excluding hydrogens is 242 g/mol. The summed E-state index contributed by atoms with van der Waals surface area (Å²) in [5.41, 5.74) is 3.26. The van der Waals surface area contributed by atoms with Gasteiger partial charge in [0.25, 0.3) is 0 Å². The average molecular weight is 259 g/mol. The summed E-state index contributed by atoms with van der Waals surface area (Å²) in [5.74, 6) is 1.26. The summed E-state index contributed by atoms with van der Waals surface area (Å²) in [6, 6.07) is 3.58. The lowest BCUT2D eigenvalue weighted by molar-refractivity contribution is 0.400. The molecule has 7 heteroatoms. The van der Waals surface area contributed by atoms with Crippen molar-refractivity contribution in [2.75, 3.05) is 32.2 Å². The quantitative estimate of drug-likeness (QED) is 0.756. The van der Waals surface area contributed by atoms with Crippen LogP contribution in [0.5, 0.6) is 0 Å². The second kappa shape index (κ2) is 6.72. The van der Waals surface area contributed by atoms with Gasteiger partial charge in [0.15, 0.2) is 5.82 Å². The summed E-state index contributed by atoms with van der Waals surface area (Å²) >= 11 is 0. The van der Waals surface area contributed by atoms with Crippen LogP contribution in [0.4, 0.5) is 11.8 Å². The third-order valence-corrected chi connectivity index (χ3v) is 2.38. The van der Waals surface area contributed by atoms with Crippen molar-refractivity contribution in [3.63, 3.8) is 0 Å². The van der Waals surface area contributed by atoms with Crippen LogP contribution in [-0.4, -0.2) is 52.0 Å². The van der Waals surface area contributed by atoms with Gasteiger partial charge in [0.05, 0.1) is 0 Å². The summed E-state index contributed by atoms with van der Waals surface area (Å²) in [5, 5.41) is 1.76. The van der Waals surface area contributed by atoms with Crippen LogP contribution in [0.3, 0.4) is 0 Å². The highest BCUT2D eigenvalue weighted by atomic mass is 15.6. The number of aromatic nitrogens is 4. The number of nitrogens with one attached hydrogen (secondary N) is 1. The molecule has 0 unspecified atom stereocenters. The van der Waals surface area contributed by atoms with E-state index in [2.05, 4.69) is 30.3 Å². The standard InChI is InChI=1S/C12H17N7/c1-18(2)9-8-17-19(11-4-7-13-10-16-11)12-14-5-3-6-15-12/h3-7,10,17H,8-9H2,1-2H3. The zero-order chi connectivity index (χ0) is 13.5. The van der Waals surface area contributed by atoms with Gasteiger partial charge in [-0.1, -0.05) is 0 Å². The molecule has 7 nitrogen and oxygen atoms in total. The topological polar surface area (TPSA) is 70.1 Å². The highest BCUT2D eigenvalue weighted by molar-refractivity contribution is 5.49. The first-order chi connectivity index (χ1) is 9.27. The monoisotopic (exact) mass is 259 g/mol. The molecular formula is C12H17N7. The number of rotatable bonds is 6. The van der Waals surface area contributed by atoms with Gasteiger partial charge in [-0.25, -0.2) is 30.4 Å². The molecule has 0 atom stereocenters. The van der Waals surface area contributed by atoms with Gasteiger partial charge in [0.1, 0.15) is 6.33 Å². The largest absolute Gasteiger partial charge is 0.308 e. The molecule has 1 N–H and O–H groups in total. The Labute approximate surface area is 112 Å². The molecule has 100 valence electrons. The van der Waals surface area contributed by atoms with Crippen molar-refractivity contribution < 1.29 is 0 Å². The van der Waals surface area contributed by atoms with Crippen LogP contribution in [0.15, 0.2) is 37.1 Å². The van der Waals surface area contributed by atoms with Crippen molar-refractivity contribution in [1.29, 1.82) is 0 Å². The van der Waals surface area contributed by atoms with E-state index in [1.807, 2.05) is 14.1 Å². The van der Waals surface area contributed by atoms with E-state index in [0.29, 0.717) is 11.8 Å². The Morgan fingerprint density at radius 3 is 2.53 bits per heavy atom. The molecule has 2 rings (SSSR count). The molecule has 2 aromatic rings. The van der Waals surface area contributed by atoms with Crippen LogP contribution < -0.4 is 10.4 Å². The molecule has 0 bridgehead atoms. The van der Waals surface area contributed by atoms with Crippen LogP contribution >= 0.6 is 0 Å². The Hall–Kier alpha value is -2.12. The van der Waals surface area contributed by atoms with Crippen LogP contribution in [0, 0.1) is 0 Å². The number of hydrogen-bond donors (Lipinski definition) is 1. The Morgan fingerprint density at radius 1 is 1.11 bits per heavy atom. The van der Waals surface area contributed by atoms with Gasteiger partial charge in [0, 0.05) is 37.7 Å². The van der Waals surface area contributed by atoms with Gasteiger partial charge in [-0.2, -0.15) is 0 Å². The Balaban J connectivity index is 2.14. The maximum atomic E-state index is 4.23. The first-order valence-corrected chi connectivity index (χ1v) is 5.99. The maximum Gasteiger partial charge on any atom is 0.246 e. The van der Waals surface area contributed by atoms with Crippen LogP contribution in [0.1, 0.15) is 0 Å². The fourth-order valence-electron chi connectivity index (χ4n) is 1.46. The highest BCUT2D eigenvalue weighted by Crippen LogP contribution is 2.14. The number of likely N-dealkylation sites (N-methyl/N-ethyl adjacent to an activating group) is 1. The van der Waals surface area contributed by atoms with Crippen molar-refractivity contribution in [2.45, 2.75) is 0 Å². The van der Waals surface area contributed by atoms with E-state index in [1.54, 1.807) is 35.7 Å². The van der Waals surface area contributed by atoms with Crippen LogP contribution in [0.25, 0.3) is 0 Å². The lowest BCUT2D eigenvalue weighted by atomic mass is 10.5. The summed E-state index contributed by atoms with van der Waals surface area (Å²) < 4.78 is 0. The van der Waals surface area contributed by atoms with Crippen molar-refractivity contribution in [3.05, 3.63) is 37.1 Å². The lowest BCUT2D eigenvalue weighted by Gasteiger charge is -2.22. The van der Waals surface area contributed by atoms with Gasteiger partial charge in [0.2, 0.25) is 5.95 Å². The number of nitrogens with zero attached hydrogens (tertiary/aromatic N) is 6. The Morgan fingerprint density at radius 2 is 1.89 bits per heavy atom. The molecule has 0 aliphatic rings. The zero-order valence-electron chi connectivity index (χ0n) is 11.1. The summed E-state index contributed by atoms with van der Waals surface area (Å²) in [6.07, 6.45) is 6.58. The number of anilines is 2. The predicted molar refractivity (Wildman–Crippen MR) is 72.8 cm³/mol. The molecule has 0 aliphatic heterocycles. The summed E-state index contributed by atoms with van der Waals surface area (Å²) in [7, 11) is 4.05. The van der Waals surface area contributed by atoms with Crippen LogP contribution in [-0.2, 0) is 0 Å². The second-order valence-electron chi connectivity index (χ2n) is 4.16. The van der Waals surface area contributed by atoms with Crippen molar-refractivity contribution in [2.24, 2.45) is 0 Å². The molecule has 0 fully saturated rings. The van der Waals surface area contributed by atoms with E-state index in [4.69, 9.17) is 0 Å². The summed E-state index contributed by atoms with van der Waals surface area (Å²) in [6.45, 7) is 1.66. The zero-order valence-corrected chi connectivity index (χ0v) is 11.1. The van der Waals surface area contributed by atoms with E-state index in [0.717, 1.165) is 13.1 Å². The van der Waals surface area contributed by atoms with Crippen molar-refractivity contribution in [1.82, 2.24) is 30.3 Å². The fourth-order valence-corrected chi connectivity index (χ4v) is 1.46. The van der Waals surface area contributed by atoms with Gasteiger partial charge >= 0.3 is 0 Å². The van der Waals surface area contributed by atoms with Gasteiger partial charge in [-0.3, -0.25) is 0 Å². The maximum absolute atomic E-state index is 4.23. The van der Waals surface area contributed by atoms with E-state index >= 15 is 0 Å². The van der Waals surface area contributed by atoms with Crippen molar-refractivity contribution in [3.8, 4) is 0 Å². The molecule has 0 spiro atoms. The molecule has 0 amide bonds. The fraction of sp³-hybridized carbons (Fsp3) is 0.333. The molecule has 19 heavy (non-hydrogen) atoms. The second-order valence-corrected chi connectivity index (χ2v) is 4.16. The van der Waals surface area contributed by atoms with Crippen molar-refractivity contribution >= 4 is 11.8 Å². The molecule has 0 saturated carbocycles. The number of hydrazine groups is 1. The third kappa shape index (κ3) is 3.94. The highest BCUT2D eigenvalue weighted by Gasteiger charge is 2.12. The van der Waals surface area contributed by atoms with Gasteiger partial charge < -0.3 is 4.90 Å². The Bertz CT molecular complexity index is 434. The van der Waals surface area contributed by atoms with E-state index in [1.165, 1.54) is 6.33 Å². The minimum Gasteiger partial charge on any atom is -0.308 e. The first-order valence-electron chi connectivity index (χ1n) is 5.99. The SMILES string of the molecule is CN(C)CCNN(c1ccncn1)c1ncccn1. The average Bonchev–Trinajstić information content (AvgIpc) is 2.45. The first kappa shape index (κ1) is 13.3. The molecule has 2 heterocycles. The molecule has 2 aromatic heterocycles. The molecule has 0 saturated heterocycles. The normalized spacial score (nSPS) is 10.7. The van der Waals surface area contributed by atoms with Crippen LogP contribution in [0.2, 0.25) is 0 Å². The molecule has 0 aliphatic carbocycles. The lowest BCUT2D eigenvalue weighted by Crippen LogP contribution is -2.39. The van der Waals surface area contributed by atoms with E-state index in [-0.39, 0.29) is 0 Å². The predicted octanol–water partition coefficient (Wildman–Crippen LogP) is 0.471. The van der Waals surface area contributed by atoms with E-state index in [9.17, 15) is 0 Å². The van der Waals surface area contributed by atoms with E-state index < -0.39 is 0 Å². The molecule has 0 aromatic carbocycles. The Kier molecular flexibility index (Phi) is 4.71. The minimum absolute atomic E-state index is 0.556. The van der Waals surface area contributed by atoms with Gasteiger partial charge in [-0.15, -0.1) is 0 Å². The van der Waals surface area contributed by atoms with Gasteiger partial charge in [-0.05, 0) is 20.2 Å². The third-order valence-electron chi connectivity index (χ3n) is 2.38. The molecule has 0 radical (unpaired) electrons. The smallest absolute Gasteiger partial charge is 0.246 e. The summed E-state index contributed by atoms with van der Waals surface area (Å²) in [4.78, 5) is 18.7. The number of hydrogen-bond acceptors (Lipinski definition) is 7. The minimum atomic E-state index is 0.556.